The van der Waals surface area contributed by atoms with Crippen LogP contribution in [0.2, 0.25) is 0 Å². The number of benzene rings is 1. The number of unbranched alkanes of at least 4 members (excludes halogenated alkanes) is 3. The summed E-state index contributed by atoms with van der Waals surface area (Å²) in [6.45, 7) is 2.16. The molecule has 0 heterocycles. The van der Waals surface area contributed by atoms with Gasteiger partial charge in [0, 0.05) is 22.3 Å². The van der Waals surface area contributed by atoms with Crippen molar-refractivity contribution in [2.45, 2.75) is 39.0 Å². The molecule has 0 aliphatic rings. The second kappa shape index (κ2) is 7.33. The summed E-state index contributed by atoms with van der Waals surface area (Å²) in [5, 5.41) is 2.86. The zero-order valence-electron chi connectivity index (χ0n) is 10.1. The van der Waals surface area contributed by atoms with Crippen LogP contribution in [0.3, 0.4) is 0 Å². The van der Waals surface area contributed by atoms with Crippen LogP contribution in [0.5, 0.6) is 0 Å². The Morgan fingerprint density at radius 3 is 2.76 bits per heavy atom. The Kier molecular flexibility index (Phi) is 6.05. The van der Waals surface area contributed by atoms with Gasteiger partial charge in [0.2, 0.25) is 5.91 Å². The Bertz CT molecular complexity index is 380. The van der Waals surface area contributed by atoms with Crippen LogP contribution in [0, 0.1) is 0 Å². The monoisotopic (exact) mass is 298 g/mol. The average molecular weight is 299 g/mol. The normalized spacial score (nSPS) is 10.2. The fraction of sp³-hybridized carbons (Fsp3) is 0.462. The van der Waals surface area contributed by atoms with Crippen LogP contribution in [0.1, 0.15) is 39.0 Å². The zero-order chi connectivity index (χ0) is 12.7. The number of carbonyl (C=O) groups is 1. The largest absolute Gasteiger partial charge is 0.398 e. The number of nitrogens with one attached hydrogen (secondary N) is 1. The van der Waals surface area contributed by atoms with E-state index in [1.807, 2.05) is 12.1 Å². The highest BCUT2D eigenvalue weighted by Gasteiger charge is 2.03. The molecule has 0 saturated heterocycles. The highest BCUT2D eigenvalue weighted by Crippen LogP contribution is 2.23. The van der Waals surface area contributed by atoms with Crippen LogP contribution in [0.25, 0.3) is 0 Å². The van der Waals surface area contributed by atoms with E-state index in [4.69, 9.17) is 5.73 Å². The number of amides is 1. The highest BCUT2D eigenvalue weighted by molar-refractivity contribution is 9.10. The number of carbonyl (C=O) groups excluding carboxylic acids is 1. The van der Waals surface area contributed by atoms with E-state index >= 15 is 0 Å². The van der Waals surface area contributed by atoms with Gasteiger partial charge in [0.1, 0.15) is 0 Å². The molecule has 0 saturated carbocycles. The summed E-state index contributed by atoms with van der Waals surface area (Å²) in [5.41, 5.74) is 7.13. The molecule has 0 aliphatic heterocycles. The highest BCUT2D eigenvalue weighted by atomic mass is 79.9. The summed E-state index contributed by atoms with van der Waals surface area (Å²) < 4.78 is 0.807. The Labute approximate surface area is 111 Å². The lowest BCUT2D eigenvalue weighted by molar-refractivity contribution is -0.116. The molecule has 3 nitrogen and oxygen atoms in total. The molecule has 0 atom stereocenters. The van der Waals surface area contributed by atoms with Gasteiger partial charge in [-0.2, -0.15) is 0 Å². The van der Waals surface area contributed by atoms with Crippen LogP contribution in [-0.2, 0) is 4.79 Å². The predicted molar refractivity (Wildman–Crippen MR) is 75.9 cm³/mol. The molecule has 0 unspecified atom stereocenters. The lowest BCUT2D eigenvalue weighted by atomic mass is 10.1. The molecule has 0 spiro atoms. The zero-order valence-corrected chi connectivity index (χ0v) is 11.7. The molecule has 1 aromatic rings. The minimum Gasteiger partial charge on any atom is -0.398 e. The minimum absolute atomic E-state index is 0.0674. The van der Waals surface area contributed by atoms with E-state index in [-0.39, 0.29) is 5.91 Å². The first-order chi connectivity index (χ1) is 8.13. The fourth-order valence-electron chi connectivity index (χ4n) is 1.54. The molecule has 1 amide bonds. The van der Waals surface area contributed by atoms with Gasteiger partial charge >= 0.3 is 0 Å². The van der Waals surface area contributed by atoms with Crippen molar-refractivity contribution in [2.24, 2.45) is 0 Å². The molecule has 0 bridgehead atoms. The number of hydrogen-bond donors (Lipinski definition) is 2. The quantitative estimate of drug-likeness (QED) is 0.617. The fourth-order valence-corrected chi connectivity index (χ4v) is 1.92. The van der Waals surface area contributed by atoms with Gasteiger partial charge in [-0.3, -0.25) is 4.79 Å². The Balaban J connectivity index is 2.37. The Hall–Kier alpha value is -1.03. The van der Waals surface area contributed by atoms with Crippen LogP contribution < -0.4 is 11.1 Å². The summed E-state index contributed by atoms with van der Waals surface area (Å²) in [5.74, 6) is 0.0674. The molecule has 1 aromatic carbocycles. The summed E-state index contributed by atoms with van der Waals surface area (Å²) >= 11 is 3.33. The first-order valence-electron chi connectivity index (χ1n) is 5.98. The summed E-state index contributed by atoms with van der Waals surface area (Å²) in [7, 11) is 0. The van der Waals surface area contributed by atoms with Crippen LogP contribution in [0.4, 0.5) is 11.4 Å². The van der Waals surface area contributed by atoms with Crippen LogP contribution in [0.15, 0.2) is 22.7 Å². The van der Waals surface area contributed by atoms with E-state index in [1.165, 1.54) is 12.8 Å². The van der Waals surface area contributed by atoms with Crippen molar-refractivity contribution in [1.29, 1.82) is 0 Å². The summed E-state index contributed by atoms with van der Waals surface area (Å²) in [6.07, 6.45) is 5.04. The van der Waals surface area contributed by atoms with E-state index in [2.05, 4.69) is 28.2 Å². The van der Waals surface area contributed by atoms with Crippen molar-refractivity contribution in [3.63, 3.8) is 0 Å². The standard InChI is InChI=1S/C13H19BrN2O/c1-2-3-4-5-6-13(17)16-10-7-8-12(15)11(14)9-10/h7-9H,2-6,15H2,1H3,(H,16,17). The third-order valence-corrected chi connectivity index (χ3v) is 3.23. The van der Waals surface area contributed by atoms with Gasteiger partial charge in [-0.25, -0.2) is 0 Å². The second-order valence-electron chi connectivity index (χ2n) is 4.10. The first-order valence-corrected chi connectivity index (χ1v) is 6.77. The molecule has 94 valence electrons. The Morgan fingerprint density at radius 1 is 1.35 bits per heavy atom. The number of anilines is 2. The topological polar surface area (TPSA) is 55.1 Å². The maximum absolute atomic E-state index is 11.6. The molecule has 1 rings (SSSR count). The van der Waals surface area contributed by atoms with Crippen molar-refractivity contribution in [3.05, 3.63) is 22.7 Å². The maximum atomic E-state index is 11.6. The van der Waals surface area contributed by atoms with E-state index in [0.29, 0.717) is 12.1 Å². The van der Waals surface area contributed by atoms with Gasteiger partial charge in [-0.05, 0) is 40.5 Å². The molecule has 0 fully saturated rings. The molecule has 0 aliphatic carbocycles. The number of halogens is 1. The second-order valence-corrected chi connectivity index (χ2v) is 4.95. The number of rotatable bonds is 6. The lowest BCUT2D eigenvalue weighted by Crippen LogP contribution is -2.11. The molecular weight excluding hydrogens is 280 g/mol. The Morgan fingerprint density at radius 2 is 2.12 bits per heavy atom. The lowest BCUT2D eigenvalue weighted by Gasteiger charge is -2.06. The predicted octanol–water partition coefficient (Wildman–Crippen LogP) is 3.94. The molecule has 3 N–H and O–H groups in total. The van der Waals surface area contributed by atoms with Gasteiger partial charge in [0.15, 0.2) is 0 Å². The van der Waals surface area contributed by atoms with E-state index in [9.17, 15) is 4.79 Å². The van der Waals surface area contributed by atoms with Gasteiger partial charge in [0.25, 0.3) is 0 Å². The van der Waals surface area contributed by atoms with Crippen molar-refractivity contribution < 1.29 is 4.79 Å². The minimum atomic E-state index is 0.0674. The van der Waals surface area contributed by atoms with Gasteiger partial charge < -0.3 is 11.1 Å². The molecule has 4 heteroatoms. The molecule has 0 aromatic heterocycles. The van der Waals surface area contributed by atoms with E-state index in [1.54, 1.807) is 6.07 Å². The van der Waals surface area contributed by atoms with Crippen molar-refractivity contribution >= 4 is 33.2 Å². The van der Waals surface area contributed by atoms with Gasteiger partial charge in [-0.1, -0.05) is 26.2 Å². The van der Waals surface area contributed by atoms with Crippen molar-refractivity contribution in [2.75, 3.05) is 11.1 Å². The van der Waals surface area contributed by atoms with Crippen LogP contribution in [-0.4, -0.2) is 5.91 Å². The smallest absolute Gasteiger partial charge is 0.224 e. The van der Waals surface area contributed by atoms with Crippen molar-refractivity contribution in [3.8, 4) is 0 Å². The first kappa shape index (κ1) is 14.0. The van der Waals surface area contributed by atoms with Gasteiger partial charge in [0.05, 0.1) is 0 Å². The number of hydrogen-bond acceptors (Lipinski definition) is 2. The van der Waals surface area contributed by atoms with Crippen LogP contribution >= 0.6 is 15.9 Å². The van der Waals surface area contributed by atoms with Crippen molar-refractivity contribution in [1.82, 2.24) is 0 Å². The third-order valence-electron chi connectivity index (χ3n) is 2.54. The summed E-state index contributed by atoms with van der Waals surface area (Å²) in [6, 6.07) is 5.40. The number of nitrogens with two attached hydrogens (primary N) is 1. The third kappa shape index (κ3) is 5.22. The van der Waals surface area contributed by atoms with E-state index < -0.39 is 0 Å². The molecule has 0 radical (unpaired) electrons. The maximum Gasteiger partial charge on any atom is 0.224 e. The average Bonchev–Trinajstić information content (AvgIpc) is 2.30. The summed E-state index contributed by atoms with van der Waals surface area (Å²) in [4.78, 5) is 11.6. The molecule has 17 heavy (non-hydrogen) atoms. The number of nitrogen functional groups attached to an aromatic ring is 1. The van der Waals surface area contributed by atoms with Gasteiger partial charge in [-0.15, -0.1) is 0 Å². The SMILES string of the molecule is CCCCCCC(=O)Nc1ccc(N)c(Br)c1. The molecular formula is C13H19BrN2O. The van der Waals surface area contributed by atoms with E-state index in [0.717, 1.165) is 23.0 Å².